The molecule has 14 heavy (non-hydrogen) atoms. The second-order valence-corrected chi connectivity index (χ2v) is 3.02. The minimum absolute atomic E-state index is 0.110. The number of carbonyl (C=O) groups is 2. The van der Waals surface area contributed by atoms with Crippen LogP contribution < -0.4 is 0 Å². The number of ketones is 1. The van der Waals surface area contributed by atoms with E-state index in [0.29, 0.717) is 0 Å². The minimum Gasteiger partial charge on any atom is -0.463 e. The highest BCUT2D eigenvalue weighted by atomic mass is 16.5. The lowest BCUT2D eigenvalue weighted by Crippen LogP contribution is -2.18. The highest BCUT2D eigenvalue weighted by Gasteiger charge is 2.14. The van der Waals surface area contributed by atoms with E-state index in [1.807, 2.05) is 31.2 Å². The molecule has 0 saturated carbocycles. The fraction of sp³-hybridized carbons (Fsp3) is 0.273. The normalized spacial score (nSPS) is 9.57. The zero-order valence-electron chi connectivity index (χ0n) is 8.24. The lowest BCUT2D eigenvalue weighted by molar-refractivity contribution is -0.151. The van der Waals surface area contributed by atoms with Crippen molar-refractivity contribution in [1.29, 1.82) is 0 Å². The van der Waals surface area contributed by atoms with Crippen molar-refractivity contribution < 1.29 is 14.3 Å². The van der Waals surface area contributed by atoms with Crippen LogP contribution >= 0.6 is 0 Å². The molecule has 0 radical (unpaired) electrons. The molecule has 0 aliphatic carbocycles. The summed E-state index contributed by atoms with van der Waals surface area (Å²) in [6.07, 6.45) is 0.110. The van der Waals surface area contributed by atoms with Crippen LogP contribution in [-0.4, -0.2) is 18.9 Å². The maximum atomic E-state index is 11.2. The molecule has 0 amide bonds. The van der Waals surface area contributed by atoms with Gasteiger partial charge in [-0.05, 0) is 18.1 Å². The Hall–Kier alpha value is -1.64. The Kier molecular flexibility index (Phi) is 3.40. The number of Topliss-reactive ketones (excluding diaryl/α,β-unsaturated/α-hetero) is 1. The van der Waals surface area contributed by atoms with Crippen molar-refractivity contribution in [3.8, 4) is 0 Å². The lowest BCUT2D eigenvalue weighted by Gasteiger charge is -2.02. The van der Waals surface area contributed by atoms with Crippen molar-refractivity contribution in [2.75, 3.05) is 7.11 Å². The average Bonchev–Trinajstić information content (AvgIpc) is 2.20. The fourth-order valence-corrected chi connectivity index (χ4v) is 1.17. The third-order valence-electron chi connectivity index (χ3n) is 2.03. The molecule has 0 atom stereocenters. The summed E-state index contributed by atoms with van der Waals surface area (Å²) in [6, 6.07) is 7.46. The van der Waals surface area contributed by atoms with Crippen LogP contribution in [0.2, 0.25) is 0 Å². The van der Waals surface area contributed by atoms with Gasteiger partial charge in [0.05, 0.1) is 7.11 Å². The maximum absolute atomic E-state index is 11.2. The van der Waals surface area contributed by atoms with E-state index in [2.05, 4.69) is 4.74 Å². The van der Waals surface area contributed by atoms with Crippen molar-refractivity contribution >= 4 is 11.8 Å². The van der Waals surface area contributed by atoms with E-state index >= 15 is 0 Å². The summed E-state index contributed by atoms with van der Waals surface area (Å²) in [4.78, 5) is 22.1. The number of methoxy groups -OCH3 is 1. The number of esters is 1. The van der Waals surface area contributed by atoms with Gasteiger partial charge in [0.2, 0.25) is 5.78 Å². The van der Waals surface area contributed by atoms with Crippen molar-refractivity contribution in [3.63, 3.8) is 0 Å². The van der Waals surface area contributed by atoms with Crippen molar-refractivity contribution in [2.45, 2.75) is 13.3 Å². The first kappa shape index (κ1) is 10.4. The highest BCUT2D eigenvalue weighted by Crippen LogP contribution is 2.08. The van der Waals surface area contributed by atoms with Gasteiger partial charge in [-0.3, -0.25) is 4.79 Å². The van der Waals surface area contributed by atoms with Crippen molar-refractivity contribution in [1.82, 2.24) is 0 Å². The number of benzene rings is 1. The first-order chi connectivity index (χ1) is 6.65. The zero-order valence-corrected chi connectivity index (χ0v) is 8.24. The summed E-state index contributed by atoms with van der Waals surface area (Å²) in [7, 11) is 1.21. The van der Waals surface area contributed by atoms with Gasteiger partial charge >= 0.3 is 5.97 Å². The van der Waals surface area contributed by atoms with E-state index in [-0.39, 0.29) is 6.42 Å². The van der Waals surface area contributed by atoms with Crippen LogP contribution in [-0.2, 0) is 20.7 Å². The SMILES string of the molecule is COC(=O)C(=O)Cc1ccccc1C. The first-order valence-corrected chi connectivity index (χ1v) is 4.31. The van der Waals surface area contributed by atoms with Gasteiger partial charge in [0.1, 0.15) is 0 Å². The standard InChI is InChI=1S/C11H12O3/c1-8-5-3-4-6-9(8)7-10(12)11(13)14-2/h3-6H,7H2,1-2H3. The molecule has 0 N–H and O–H groups in total. The van der Waals surface area contributed by atoms with Crippen LogP contribution in [0.15, 0.2) is 24.3 Å². The molecule has 3 nitrogen and oxygen atoms in total. The van der Waals surface area contributed by atoms with Crippen LogP contribution in [0.4, 0.5) is 0 Å². The minimum atomic E-state index is -0.784. The van der Waals surface area contributed by atoms with Gasteiger partial charge in [0, 0.05) is 6.42 Å². The third-order valence-corrected chi connectivity index (χ3v) is 2.03. The van der Waals surface area contributed by atoms with Crippen LogP contribution in [0, 0.1) is 6.92 Å². The molecule has 0 aliphatic heterocycles. The van der Waals surface area contributed by atoms with E-state index in [1.165, 1.54) is 7.11 Å². The Morgan fingerprint density at radius 2 is 1.93 bits per heavy atom. The number of ether oxygens (including phenoxy) is 1. The largest absolute Gasteiger partial charge is 0.463 e. The lowest BCUT2D eigenvalue weighted by atomic mass is 10.0. The Balaban J connectivity index is 2.75. The Morgan fingerprint density at radius 3 is 2.50 bits per heavy atom. The zero-order chi connectivity index (χ0) is 10.6. The quantitative estimate of drug-likeness (QED) is 0.535. The molecule has 0 saturated heterocycles. The molecule has 1 aromatic carbocycles. The van der Waals surface area contributed by atoms with Gasteiger partial charge in [0.25, 0.3) is 0 Å². The number of hydrogen-bond acceptors (Lipinski definition) is 3. The molecule has 0 fully saturated rings. The van der Waals surface area contributed by atoms with Crippen LogP contribution in [0.5, 0.6) is 0 Å². The molecular formula is C11H12O3. The summed E-state index contributed by atoms with van der Waals surface area (Å²) in [5.41, 5.74) is 1.87. The summed E-state index contributed by atoms with van der Waals surface area (Å²) < 4.78 is 4.34. The van der Waals surface area contributed by atoms with Gasteiger partial charge in [-0.25, -0.2) is 4.79 Å². The molecule has 1 aromatic rings. The highest BCUT2D eigenvalue weighted by molar-refractivity contribution is 6.34. The van der Waals surface area contributed by atoms with Gasteiger partial charge in [0.15, 0.2) is 0 Å². The number of carbonyl (C=O) groups excluding carboxylic acids is 2. The van der Waals surface area contributed by atoms with E-state index in [0.717, 1.165) is 11.1 Å². The molecule has 0 aliphatic rings. The topological polar surface area (TPSA) is 43.4 Å². The first-order valence-electron chi connectivity index (χ1n) is 4.31. The van der Waals surface area contributed by atoms with Crippen LogP contribution in [0.25, 0.3) is 0 Å². The fourth-order valence-electron chi connectivity index (χ4n) is 1.17. The molecule has 0 heterocycles. The predicted octanol–water partition coefficient (Wildman–Crippen LogP) is 1.28. The smallest absolute Gasteiger partial charge is 0.374 e. The van der Waals surface area contributed by atoms with E-state index < -0.39 is 11.8 Å². The van der Waals surface area contributed by atoms with Crippen LogP contribution in [0.1, 0.15) is 11.1 Å². The van der Waals surface area contributed by atoms with Crippen molar-refractivity contribution in [2.24, 2.45) is 0 Å². The number of aryl methyl sites for hydroxylation is 1. The van der Waals surface area contributed by atoms with Crippen molar-refractivity contribution in [3.05, 3.63) is 35.4 Å². The average molecular weight is 192 g/mol. The summed E-state index contributed by atoms with van der Waals surface area (Å²) in [5.74, 6) is -1.30. The number of hydrogen-bond donors (Lipinski definition) is 0. The summed E-state index contributed by atoms with van der Waals surface area (Å²) >= 11 is 0. The second-order valence-electron chi connectivity index (χ2n) is 3.02. The Bertz CT molecular complexity index is 355. The molecular weight excluding hydrogens is 180 g/mol. The Morgan fingerprint density at radius 1 is 1.29 bits per heavy atom. The molecule has 0 spiro atoms. The van der Waals surface area contributed by atoms with Gasteiger partial charge in [-0.15, -0.1) is 0 Å². The summed E-state index contributed by atoms with van der Waals surface area (Å²) in [6.45, 7) is 1.90. The summed E-state index contributed by atoms with van der Waals surface area (Å²) in [5, 5.41) is 0. The van der Waals surface area contributed by atoms with E-state index in [4.69, 9.17) is 0 Å². The van der Waals surface area contributed by atoms with Gasteiger partial charge < -0.3 is 4.74 Å². The molecule has 0 unspecified atom stereocenters. The third kappa shape index (κ3) is 2.42. The monoisotopic (exact) mass is 192 g/mol. The number of rotatable bonds is 3. The predicted molar refractivity (Wildman–Crippen MR) is 51.9 cm³/mol. The maximum Gasteiger partial charge on any atom is 0.374 e. The molecule has 0 bridgehead atoms. The molecule has 74 valence electrons. The second kappa shape index (κ2) is 4.56. The van der Waals surface area contributed by atoms with Gasteiger partial charge in [-0.1, -0.05) is 24.3 Å². The van der Waals surface area contributed by atoms with Gasteiger partial charge in [-0.2, -0.15) is 0 Å². The van der Waals surface area contributed by atoms with E-state index in [1.54, 1.807) is 0 Å². The molecule has 3 heteroatoms. The molecule has 0 aromatic heterocycles. The molecule has 1 rings (SSSR count). The van der Waals surface area contributed by atoms with Crippen LogP contribution in [0.3, 0.4) is 0 Å². The Labute approximate surface area is 82.7 Å². The van der Waals surface area contributed by atoms with E-state index in [9.17, 15) is 9.59 Å².